The van der Waals surface area contributed by atoms with E-state index in [4.69, 9.17) is 21.1 Å². The van der Waals surface area contributed by atoms with E-state index in [0.717, 1.165) is 25.8 Å². The number of methoxy groups -OCH3 is 1. The van der Waals surface area contributed by atoms with Crippen molar-refractivity contribution in [1.29, 1.82) is 0 Å². The van der Waals surface area contributed by atoms with E-state index in [9.17, 15) is 14.4 Å². The van der Waals surface area contributed by atoms with Gasteiger partial charge in [0.05, 0.1) is 16.5 Å². The van der Waals surface area contributed by atoms with Gasteiger partial charge in [-0.15, -0.1) is 0 Å². The van der Waals surface area contributed by atoms with Gasteiger partial charge in [0.15, 0.2) is 11.5 Å². The van der Waals surface area contributed by atoms with Gasteiger partial charge < -0.3 is 14.8 Å². The van der Waals surface area contributed by atoms with Crippen LogP contribution in [0.4, 0.5) is 10.5 Å². The molecular weight excluding hydrogens is 695 g/mol. The Morgan fingerprint density at radius 2 is 1.89 bits per heavy atom. The number of amides is 3. The summed E-state index contributed by atoms with van der Waals surface area (Å²) < 4.78 is 13.1. The minimum atomic E-state index is -0.540. The molecule has 1 saturated heterocycles. The van der Waals surface area contributed by atoms with Gasteiger partial charge in [-0.2, -0.15) is 0 Å². The summed E-state index contributed by atoms with van der Waals surface area (Å²) in [5.41, 5.74) is 2.02. The molecule has 3 amide bonds. The highest BCUT2D eigenvalue weighted by molar-refractivity contribution is 14.1. The number of nitrogens with one attached hydrogen (secondary N) is 1. The third-order valence-corrected chi connectivity index (χ3v) is 7.77. The second-order valence-corrected chi connectivity index (χ2v) is 11.2. The van der Waals surface area contributed by atoms with E-state index in [-0.39, 0.29) is 18.1 Å². The van der Waals surface area contributed by atoms with Crippen molar-refractivity contribution in [3.63, 3.8) is 0 Å². The molecule has 1 fully saturated rings. The van der Waals surface area contributed by atoms with Crippen molar-refractivity contribution in [1.82, 2.24) is 4.90 Å². The van der Waals surface area contributed by atoms with Crippen LogP contribution >= 0.6 is 61.9 Å². The van der Waals surface area contributed by atoms with Gasteiger partial charge in [-0.1, -0.05) is 29.8 Å². The summed E-state index contributed by atoms with van der Waals surface area (Å²) >= 11 is 12.7. The first-order chi connectivity index (χ1) is 17.7. The molecule has 0 saturated carbocycles. The van der Waals surface area contributed by atoms with E-state index < -0.39 is 17.1 Å². The molecule has 0 aliphatic carbocycles. The number of halogens is 3. The molecule has 3 aromatic carbocycles. The Balaban J connectivity index is 1.47. The number of nitrogens with zero attached hydrogens (tertiary/aromatic N) is 1. The average molecular weight is 714 g/mol. The van der Waals surface area contributed by atoms with Crippen LogP contribution in [0.3, 0.4) is 0 Å². The molecule has 190 valence electrons. The van der Waals surface area contributed by atoms with E-state index in [1.54, 1.807) is 36.4 Å². The van der Waals surface area contributed by atoms with E-state index in [1.165, 1.54) is 7.11 Å². The molecule has 1 aliphatic heterocycles. The number of rotatable bonds is 8. The maximum atomic E-state index is 12.9. The van der Waals surface area contributed by atoms with Gasteiger partial charge in [-0.25, -0.2) is 0 Å². The lowest BCUT2D eigenvalue weighted by molar-refractivity contribution is -0.127. The first-order valence-electron chi connectivity index (χ1n) is 10.8. The van der Waals surface area contributed by atoms with Gasteiger partial charge in [0.1, 0.15) is 13.2 Å². The maximum Gasteiger partial charge on any atom is 0.294 e. The molecule has 1 aliphatic rings. The quantitative estimate of drug-likeness (QED) is 0.201. The number of hydrogen-bond donors (Lipinski definition) is 1. The first kappa shape index (κ1) is 27.5. The predicted octanol–water partition coefficient (Wildman–Crippen LogP) is 6.97. The van der Waals surface area contributed by atoms with Crippen LogP contribution in [0.2, 0.25) is 5.02 Å². The highest BCUT2D eigenvalue weighted by atomic mass is 127. The normalized spacial score (nSPS) is 14.3. The molecule has 0 aromatic heterocycles. The van der Waals surface area contributed by atoms with Gasteiger partial charge in [-0.05, 0) is 104 Å². The molecule has 1 heterocycles. The van der Waals surface area contributed by atoms with Gasteiger partial charge in [0.25, 0.3) is 11.1 Å². The van der Waals surface area contributed by atoms with Crippen LogP contribution in [0.25, 0.3) is 6.08 Å². The fourth-order valence-electron chi connectivity index (χ4n) is 3.39. The summed E-state index contributed by atoms with van der Waals surface area (Å²) in [6, 6.07) is 18.0. The SMILES string of the molecule is COc1cc(/C=C2/SC(=O)N(CC(=O)Nc3ccc(I)cc3)C2=O)cc(Br)c1OCc1ccccc1Cl. The van der Waals surface area contributed by atoms with Crippen molar-refractivity contribution in [2.45, 2.75) is 6.61 Å². The summed E-state index contributed by atoms with van der Waals surface area (Å²) in [5.74, 6) is -0.0974. The van der Waals surface area contributed by atoms with Crippen LogP contribution in [-0.4, -0.2) is 35.6 Å². The largest absolute Gasteiger partial charge is 0.493 e. The standard InChI is InChI=1S/C26H19BrClIN2O5S/c1-35-21-11-15(10-19(27)24(21)36-14-16-4-2-3-5-20(16)28)12-22-25(33)31(26(34)37-22)13-23(32)30-18-8-6-17(29)7-9-18/h2-12H,13-14H2,1H3,(H,30,32)/b22-12+. The van der Waals surface area contributed by atoms with Gasteiger partial charge in [-0.3, -0.25) is 19.3 Å². The summed E-state index contributed by atoms with van der Waals surface area (Å²) in [7, 11) is 1.51. The second kappa shape index (κ2) is 12.3. The molecule has 11 heteroatoms. The predicted molar refractivity (Wildman–Crippen MR) is 157 cm³/mol. The lowest BCUT2D eigenvalue weighted by atomic mass is 10.1. The van der Waals surface area contributed by atoms with Crippen LogP contribution in [0.5, 0.6) is 11.5 Å². The number of carbonyl (C=O) groups excluding carboxylic acids is 3. The van der Waals surface area contributed by atoms with E-state index in [0.29, 0.717) is 32.2 Å². The smallest absolute Gasteiger partial charge is 0.294 e. The van der Waals surface area contributed by atoms with Crippen LogP contribution in [-0.2, 0) is 16.2 Å². The highest BCUT2D eigenvalue weighted by Gasteiger charge is 2.36. The van der Waals surface area contributed by atoms with E-state index >= 15 is 0 Å². The van der Waals surface area contributed by atoms with Crippen LogP contribution < -0.4 is 14.8 Å². The molecule has 0 unspecified atom stereocenters. The van der Waals surface area contributed by atoms with Crippen molar-refractivity contribution >= 4 is 90.7 Å². The molecular formula is C26H19BrClIN2O5S. The minimum Gasteiger partial charge on any atom is -0.493 e. The number of thioether (sulfide) groups is 1. The molecule has 0 radical (unpaired) electrons. The maximum absolute atomic E-state index is 12.9. The average Bonchev–Trinajstić information content (AvgIpc) is 3.12. The number of imide groups is 1. The summed E-state index contributed by atoms with van der Waals surface area (Å²) in [5, 5.41) is 2.78. The Kier molecular flexibility index (Phi) is 9.17. The van der Waals surface area contributed by atoms with Crippen molar-refractivity contribution in [3.8, 4) is 11.5 Å². The van der Waals surface area contributed by atoms with Gasteiger partial charge in [0.2, 0.25) is 5.91 Å². The van der Waals surface area contributed by atoms with Crippen molar-refractivity contribution in [2.24, 2.45) is 0 Å². The number of hydrogen-bond acceptors (Lipinski definition) is 6. The number of anilines is 1. The number of ether oxygens (including phenoxy) is 2. The molecule has 4 rings (SSSR count). The Morgan fingerprint density at radius 1 is 1.16 bits per heavy atom. The number of benzene rings is 3. The van der Waals surface area contributed by atoms with E-state index in [2.05, 4.69) is 43.8 Å². The summed E-state index contributed by atoms with van der Waals surface area (Å²) in [6.45, 7) is -0.146. The molecule has 7 nitrogen and oxygen atoms in total. The van der Waals surface area contributed by atoms with Crippen LogP contribution in [0.1, 0.15) is 11.1 Å². The van der Waals surface area contributed by atoms with Crippen LogP contribution in [0, 0.1) is 3.57 Å². The fourth-order valence-corrected chi connectivity index (χ4v) is 5.36. The zero-order chi connectivity index (χ0) is 26.5. The summed E-state index contributed by atoms with van der Waals surface area (Å²) in [6.07, 6.45) is 1.58. The molecule has 0 atom stereocenters. The van der Waals surface area contributed by atoms with Gasteiger partial charge >= 0.3 is 0 Å². The van der Waals surface area contributed by atoms with Crippen molar-refractivity contribution < 1.29 is 23.9 Å². The molecule has 0 bridgehead atoms. The van der Waals surface area contributed by atoms with Crippen molar-refractivity contribution in [3.05, 3.63) is 89.8 Å². The van der Waals surface area contributed by atoms with Gasteiger partial charge in [0, 0.05) is 19.8 Å². The molecule has 1 N–H and O–H groups in total. The topological polar surface area (TPSA) is 84.9 Å². The zero-order valence-electron chi connectivity index (χ0n) is 19.3. The lowest BCUT2D eigenvalue weighted by Gasteiger charge is -2.14. The highest BCUT2D eigenvalue weighted by Crippen LogP contribution is 2.39. The monoisotopic (exact) mass is 712 g/mol. The molecule has 3 aromatic rings. The fraction of sp³-hybridized carbons (Fsp3) is 0.115. The Bertz CT molecular complexity index is 1400. The third-order valence-electron chi connectivity index (χ3n) is 5.18. The Hall–Kier alpha value is -2.54. The zero-order valence-corrected chi connectivity index (χ0v) is 24.6. The summed E-state index contributed by atoms with van der Waals surface area (Å²) in [4.78, 5) is 38.9. The van der Waals surface area contributed by atoms with Crippen molar-refractivity contribution in [2.75, 3.05) is 19.0 Å². The second-order valence-electron chi connectivity index (χ2n) is 7.74. The Morgan fingerprint density at radius 3 is 2.59 bits per heavy atom. The Labute approximate surface area is 244 Å². The van der Waals surface area contributed by atoms with E-state index in [1.807, 2.05) is 30.3 Å². The van der Waals surface area contributed by atoms with Crippen LogP contribution in [0.15, 0.2) is 70.0 Å². The number of carbonyl (C=O) groups is 3. The third kappa shape index (κ3) is 6.86. The lowest BCUT2D eigenvalue weighted by Crippen LogP contribution is -2.36. The molecule has 0 spiro atoms. The first-order valence-corrected chi connectivity index (χ1v) is 13.9. The molecule has 37 heavy (non-hydrogen) atoms. The minimum absolute atomic E-state index is 0.200.